The first kappa shape index (κ1) is 26.7. The van der Waals surface area contributed by atoms with Crippen molar-refractivity contribution < 1.29 is 41.4 Å². The number of carboxylic acids is 1. The van der Waals surface area contributed by atoms with Gasteiger partial charge >= 0.3 is 12.1 Å². The van der Waals surface area contributed by atoms with Crippen LogP contribution in [0.3, 0.4) is 0 Å². The van der Waals surface area contributed by atoms with Crippen molar-refractivity contribution in [1.82, 2.24) is 15.1 Å². The van der Waals surface area contributed by atoms with E-state index in [1.54, 1.807) is 17.0 Å². The van der Waals surface area contributed by atoms with E-state index in [0.29, 0.717) is 24.2 Å². The lowest BCUT2D eigenvalue weighted by Crippen LogP contribution is -2.50. The van der Waals surface area contributed by atoms with Gasteiger partial charge in [0.25, 0.3) is 5.91 Å². The first-order valence-electron chi connectivity index (χ1n) is 10.0. The largest absolute Gasteiger partial charge is 0.490 e. The molecule has 0 aliphatic carbocycles. The van der Waals surface area contributed by atoms with Crippen LogP contribution >= 0.6 is 0 Å². The lowest BCUT2D eigenvalue weighted by atomic mass is 10.1. The first-order valence-corrected chi connectivity index (χ1v) is 10.0. The number of hydrogen-bond acceptors (Lipinski definition) is 4. The van der Waals surface area contributed by atoms with Gasteiger partial charge in [0.15, 0.2) is 0 Å². The van der Waals surface area contributed by atoms with Gasteiger partial charge in [0.2, 0.25) is 5.91 Å². The maximum Gasteiger partial charge on any atom is 0.490 e. The molecule has 0 radical (unpaired) electrons. The average molecular weight is 487 g/mol. The Morgan fingerprint density at radius 1 is 0.912 bits per heavy atom. The number of aliphatic carboxylic acids is 1. The van der Waals surface area contributed by atoms with Crippen LogP contribution in [0, 0.1) is 11.6 Å². The van der Waals surface area contributed by atoms with Crippen LogP contribution in [0.4, 0.5) is 22.0 Å². The molecule has 184 valence electrons. The Labute approximate surface area is 191 Å². The predicted octanol–water partition coefficient (Wildman–Crippen LogP) is 2.67. The fourth-order valence-electron chi connectivity index (χ4n) is 2.96. The first-order chi connectivity index (χ1) is 16.0. The second-order valence-electron chi connectivity index (χ2n) is 7.23. The Kier molecular flexibility index (Phi) is 9.48. The highest BCUT2D eigenvalue weighted by Gasteiger charge is 2.38. The summed E-state index contributed by atoms with van der Waals surface area (Å²) in [5.41, 5.74) is 1.01. The molecule has 1 fully saturated rings. The van der Waals surface area contributed by atoms with Crippen LogP contribution in [0.25, 0.3) is 0 Å². The minimum absolute atomic E-state index is 0.0897. The summed E-state index contributed by atoms with van der Waals surface area (Å²) in [5, 5.41) is 10.3. The van der Waals surface area contributed by atoms with E-state index in [0.717, 1.165) is 13.1 Å². The average Bonchev–Trinajstić information content (AvgIpc) is 2.80. The second kappa shape index (κ2) is 12.1. The third-order valence-corrected chi connectivity index (χ3v) is 4.70. The van der Waals surface area contributed by atoms with Crippen molar-refractivity contribution in [2.24, 2.45) is 0 Å². The zero-order valence-electron chi connectivity index (χ0n) is 17.8. The molecule has 0 bridgehead atoms. The van der Waals surface area contributed by atoms with E-state index in [9.17, 15) is 31.5 Å². The van der Waals surface area contributed by atoms with Gasteiger partial charge in [-0.05, 0) is 42.0 Å². The Bertz CT molecular complexity index is 976. The minimum Gasteiger partial charge on any atom is -0.475 e. The number of nitrogens with zero attached hydrogens (tertiary/aromatic N) is 2. The molecule has 2 amide bonds. The van der Waals surface area contributed by atoms with Gasteiger partial charge in [-0.25, -0.2) is 13.6 Å². The molecule has 0 unspecified atom stereocenters. The van der Waals surface area contributed by atoms with Crippen molar-refractivity contribution in [2.75, 3.05) is 32.7 Å². The lowest BCUT2D eigenvalue weighted by molar-refractivity contribution is -0.192. The molecular formula is C22H22F5N3O4. The van der Waals surface area contributed by atoms with Crippen LogP contribution in [0.15, 0.2) is 48.5 Å². The smallest absolute Gasteiger partial charge is 0.475 e. The van der Waals surface area contributed by atoms with Crippen molar-refractivity contribution in [3.8, 4) is 0 Å². The van der Waals surface area contributed by atoms with Crippen molar-refractivity contribution in [1.29, 1.82) is 0 Å². The van der Waals surface area contributed by atoms with Gasteiger partial charge in [-0.2, -0.15) is 13.2 Å². The van der Waals surface area contributed by atoms with Crippen LogP contribution in [0.5, 0.6) is 0 Å². The number of benzene rings is 2. The highest BCUT2D eigenvalue weighted by atomic mass is 19.4. The maximum absolute atomic E-state index is 13.2. The molecule has 1 aliphatic rings. The number of carbonyl (C=O) groups is 3. The zero-order chi connectivity index (χ0) is 25.3. The molecule has 2 aromatic carbocycles. The molecular weight excluding hydrogens is 465 g/mol. The Balaban J connectivity index is 0.000000509. The van der Waals surface area contributed by atoms with E-state index in [1.807, 2.05) is 0 Å². The molecule has 0 spiro atoms. The zero-order valence-corrected chi connectivity index (χ0v) is 17.8. The van der Waals surface area contributed by atoms with Gasteiger partial charge in [0.1, 0.15) is 18.2 Å². The fraction of sp³-hybridized carbons (Fsp3) is 0.318. The summed E-state index contributed by atoms with van der Waals surface area (Å²) in [6.07, 6.45) is -5.08. The van der Waals surface area contributed by atoms with E-state index in [2.05, 4.69) is 5.32 Å². The van der Waals surface area contributed by atoms with Crippen LogP contribution in [0.2, 0.25) is 0 Å². The highest BCUT2D eigenvalue weighted by Crippen LogP contribution is 2.14. The molecule has 0 aromatic heterocycles. The predicted molar refractivity (Wildman–Crippen MR) is 111 cm³/mol. The molecule has 7 nitrogen and oxygen atoms in total. The van der Waals surface area contributed by atoms with Crippen LogP contribution < -0.4 is 5.32 Å². The standard InChI is InChI=1S/C20H21F2N3O2.C2HF3O2/c21-17-5-1-15(2-6-17)13-25(14-19(26)24-11-9-23-10-12-24)20(27)16-3-7-18(22)8-4-16;3-2(4,5)1(6)7/h1-8,23H,9-14H2;(H,6,7). The second-order valence-corrected chi connectivity index (χ2v) is 7.23. The molecule has 0 atom stereocenters. The molecule has 34 heavy (non-hydrogen) atoms. The van der Waals surface area contributed by atoms with Gasteiger partial charge in [-0.3, -0.25) is 9.59 Å². The lowest BCUT2D eigenvalue weighted by Gasteiger charge is -2.30. The number of carboxylic acid groups (broad SMARTS) is 1. The third-order valence-electron chi connectivity index (χ3n) is 4.70. The Hall–Kier alpha value is -3.54. The summed E-state index contributed by atoms with van der Waals surface area (Å²) < 4.78 is 58.1. The number of hydrogen-bond donors (Lipinski definition) is 2. The molecule has 3 rings (SSSR count). The normalized spacial score (nSPS) is 13.5. The van der Waals surface area contributed by atoms with Crippen LogP contribution in [-0.2, 0) is 16.1 Å². The monoisotopic (exact) mass is 487 g/mol. The quantitative estimate of drug-likeness (QED) is 0.634. The number of rotatable bonds is 5. The topological polar surface area (TPSA) is 90.0 Å². The van der Waals surface area contributed by atoms with Gasteiger partial charge in [-0.1, -0.05) is 12.1 Å². The van der Waals surface area contributed by atoms with E-state index in [1.165, 1.54) is 41.3 Å². The SMILES string of the molecule is O=C(CN(Cc1ccc(F)cc1)C(=O)c1ccc(F)cc1)N1CCNCC1.O=C(O)C(F)(F)F. The molecule has 2 N–H and O–H groups in total. The Morgan fingerprint density at radius 3 is 1.85 bits per heavy atom. The molecule has 1 aliphatic heterocycles. The molecule has 0 saturated carbocycles. The van der Waals surface area contributed by atoms with Crippen LogP contribution in [-0.4, -0.2) is 71.6 Å². The maximum atomic E-state index is 13.2. The minimum atomic E-state index is -5.08. The van der Waals surface area contributed by atoms with Gasteiger partial charge in [0.05, 0.1) is 0 Å². The van der Waals surface area contributed by atoms with Gasteiger partial charge in [0, 0.05) is 38.3 Å². The summed E-state index contributed by atoms with van der Waals surface area (Å²) in [6, 6.07) is 11.0. The molecule has 12 heteroatoms. The fourth-order valence-corrected chi connectivity index (χ4v) is 2.96. The van der Waals surface area contributed by atoms with Crippen molar-refractivity contribution in [3.63, 3.8) is 0 Å². The van der Waals surface area contributed by atoms with Crippen LogP contribution in [0.1, 0.15) is 15.9 Å². The summed E-state index contributed by atoms with van der Waals surface area (Å²) in [7, 11) is 0. The number of piperazine rings is 1. The van der Waals surface area contributed by atoms with Crippen molar-refractivity contribution in [2.45, 2.75) is 12.7 Å². The summed E-state index contributed by atoms with van der Waals surface area (Å²) in [5.74, 6) is -4.08. The molecule has 1 heterocycles. The van der Waals surface area contributed by atoms with Gasteiger partial charge < -0.3 is 20.2 Å². The summed E-state index contributed by atoms with van der Waals surface area (Å²) in [6.45, 7) is 2.69. The number of halogens is 5. The third kappa shape index (κ3) is 8.43. The summed E-state index contributed by atoms with van der Waals surface area (Å²) in [4.78, 5) is 37.5. The number of amides is 2. The summed E-state index contributed by atoms with van der Waals surface area (Å²) >= 11 is 0. The molecule has 1 saturated heterocycles. The van der Waals surface area contributed by atoms with Gasteiger partial charge in [-0.15, -0.1) is 0 Å². The highest BCUT2D eigenvalue weighted by molar-refractivity contribution is 5.96. The number of nitrogens with one attached hydrogen (secondary N) is 1. The van der Waals surface area contributed by atoms with E-state index < -0.39 is 18.0 Å². The van der Waals surface area contributed by atoms with E-state index >= 15 is 0 Å². The molecule has 2 aromatic rings. The van der Waals surface area contributed by atoms with E-state index in [-0.39, 0.29) is 30.7 Å². The van der Waals surface area contributed by atoms with E-state index in [4.69, 9.17) is 9.90 Å². The Morgan fingerprint density at radius 2 is 1.38 bits per heavy atom. The van der Waals surface area contributed by atoms with Crippen molar-refractivity contribution in [3.05, 3.63) is 71.3 Å². The number of carbonyl (C=O) groups excluding carboxylic acids is 2. The van der Waals surface area contributed by atoms with Crippen molar-refractivity contribution >= 4 is 17.8 Å². The number of alkyl halides is 3.